The third-order valence-electron chi connectivity index (χ3n) is 5.29. The van der Waals surface area contributed by atoms with Crippen LogP contribution >= 0.6 is 11.3 Å². The van der Waals surface area contributed by atoms with E-state index in [1.807, 2.05) is 36.4 Å². The largest absolute Gasteiger partial charge is 0.497 e. The first-order valence-corrected chi connectivity index (χ1v) is 11.9. The number of methoxy groups -OCH3 is 2. The maximum atomic E-state index is 13.4. The standard InChI is InChI=1S/C27H25FN2O4S/c1-32-22-9-6-18(7-10-22)12-13-29-26(31)23-17-35-27(30-23)20-8-11-24(25(15-20)33-2)34-16-19-4-3-5-21(28)14-19/h3-11,14-15,17H,12-13,16H2,1-2H3,(H,29,31). The molecule has 0 unspecified atom stereocenters. The highest BCUT2D eigenvalue weighted by Crippen LogP contribution is 2.34. The molecule has 1 heterocycles. The van der Waals surface area contributed by atoms with Crippen LogP contribution < -0.4 is 19.5 Å². The summed E-state index contributed by atoms with van der Waals surface area (Å²) in [5.41, 5.74) is 3.00. The third kappa shape index (κ3) is 6.36. The fourth-order valence-corrected chi connectivity index (χ4v) is 4.22. The van der Waals surface area contributed by atoms with Gasteiger partial charge in [0.05, 0.1) is 14.2 Å². The zero-order valence-corrected chi connectivity index (χ0v) is 20.2. The fraction of sp³-hybridized carbons (Fsp3) is 0.185. The van der Waals surface area contributed by atoms with E-state index in [4.69, 9.17) is 14.2 Å². The molecule has 8 heteroatoms. The molecule has 0 saturated carbocycles. The van der Waals surface area contributed by atoms with Gasteiger partial charge >= 0.3 is 0 Å². The van der Waals surface area contributed by atoms with E-state index in [-0.39, 0.29) is 18.3 Å². The molecule has 0 atom stereocenters. The van der Waals surface area contributed by atoms with E-state index in [9.17, 15) is 9.18 Å². The van der Waals surface area contributed by atoms with Gasteiger partial charge in [-0.2, -0.15) is 0 Å². The number of hydrogen-bond acceptors (Lipinski definition) is 6. The fourth-order valence-electron chi connectivity index (χ4n) is 3.42. The quantitative estimate of drug-likeness (QED) is 0.316. The first kappa shape index (κ1) is 24.2. The Bertz CT molecular complexity index is 1290. The second-order valence-corrected chi connectivity index (χ2v) is 8.53. The van der Waals surface area contributed by atoms with Crippen LogP contribution in [0.25, 0.3) is 10.6 Å². The van der Waals surface area contributed by atoms with Crippen molar-refractivity contribution >= 4 is 17.2 Å². The molecule has 4 aromatic rings. The van der Waals surface area contributed by atoms with Gasteiger partial charge in [-0.25, -0.2) is 9.37 Å². The number of benzene rings is 3. The van der Waals surface area contributed by atoms with Gasteiger partial charge in [0.2, 0.25) is 0 Å². The number of aromatic nitrogens is 1. The highest BCUT2D eigenvalue weighted by molar-refractivity contribution is 7.13. The number of carbonyl (C=O) groups is 1. The van der Waals surface area contributed by atoms with Crippen molar-refractivity contribution in [1.29, 1.82) is 0 Å². The lowest BCUT2D eigenvalue weighted by atomic mass is 10.1. The number of nitrogens with one attached hydrogen (secondary N) is 1. The molecule has 1 amide bonds. The number of halogens is 1. The first-order valence-electron chi connectivity index (χ1n) is 11.0. The maximum Gasteiger partial charge on any atom is 0.270 e. The zero-order chi connectivity index (χ0) is 24.6. The van der Waals surface area contributed by atoms with Crippen molar-refractivity contribution in [2.24, 2.45) is 0 Å². The maximum absolute atomic E-state index is 13.4. The van der Waals surface area contributed by atoms with Gasteiger partial charge in [0.25, 0.3) is 5.91 Å². The van der Waals surface area contributed by atoms with Crippen molar-refractivity contribution in [2.45, 2.75) is 13.0 Å². The number of nitrogens with zero attached hydrogens (tertiary/aromatic N) is 1. The molecule has 0 aliphatic rings. The van der Waals surface area contributed by atoms with Crippen LogP contribution in [0.4, 0.5) is 4.39 Å². The first-order chi connectivity index (χ1) is 17.1. The highest BCUT2D eigenvalue weighted by atomic mass is 32.1. The van der Waals surface area contributed by atoms with Crippen LogP contribution in [0.5, 0.6) is 17.2 Å². The minimum absolute atomic E-state index is 0.214. The van der Waals surface area contributed by atoms with Crippen LogP contribution in [0.15, 0.2) is 72.1 Å². The summed E-state index contributed by atoms with van der Waals surface area (Å²) >= 11 is 1.38. The zero-order valence-electron chi connectivity index (χ0n) is 19.4. The predicted octanol–water partition coefficient (Wildman–Crippen LogP) is 5.52. The summed E-state index contributed by atoms with van der Waals surface area (Å²) in [6, 6.07) is 19.5. The molecular weight excluding hydrogens is 467 g/mol. The van der Waals surface area contributed by atoms with Crippen molar-refractivity contribution < 1.29 is 23.4 Å². The van der Waals surface area contributed by atoms with Gasteiger partial charge in [0.15, 0.2) is 11.5 Å². The molecule has 1 aromatic heterocycles. The summed E-state index contributed by atoms with van der Waals surface area (Å²) in [4.78, 5) is 17.0. The lowest BCUT2D eigenvalue weighted by Gasteiger charge is -2.12. The number of amides is 1. The second kappa shape index (κ2) is 11.5. The molecule has 0 aliphatic carbocycles. The smallest absolute Gasteiger partial charge is 0.270 e. The molecule has 180 valence electrons. The summed E-state index contributed by atoms with van der Waals surface area (Å²) < 4.78 is 29.8. The Morgan fingerprint density at radius 1 is 0.971 bits per heavy atom. The van der Waals surface area contributed by atoms with Crippen LogP contribution in [-0.2, 0) is 13.0 Å². The van der Waals surface area contributed by atoms with Crippen LogP contribution in [0.2, 0.25) is 0 Å². The van der Waals surface area contributed by atoms with E-state index >= 15 is 0 Å². The molecule has 1 N–H and O–H groups in total. The second-order valence-electron chi connectivity index (χ2n) is 7.68. The van der Waals surface area contributed by atoms with E-state index in [1.54, 1.807) is 37.8 Å². The Hall–Kier alpha value is -3.91. The average Bonchev–Trinajstić information content (AvgIpc) is 3.38. The van der Waals surface area contributed by atoms with Crippen molar-refractivity contribution in [1.82, 2.24) is 10.3 Å². The summed E-state index contributed by atoms with van der Waals surface area (Å²) in [5.74, 6) is 1.34. The highest BCUT2D eigenvalue weighted by Gasteiger charge is 2.14. The molecule has 0 aliphatic heterocycles. The van der Waals surface area contributed by atoms with Gasteiger partial charge in [-0.15, -0.1) is 11.3 Å². The van der Waals surface area contributed by atoms with Gasteiger partial charge in [-0.3, -0.25) is 4.79 Å². The van der Waals surface area contributed by atoms with Gasteiger partial charge < -0.3 is 19.5 Å². The summed E-state index contributed by atoms with van der Waals surface area (Å²) in [7, 11) is 3.18. The Morgan fingerprint density at radius 3 is 2.54 bits per heavy atom. The van der Waals surface area contributed by atoms with Crippen molar-refractivity contribution in [3.05, 3.63) is 94.7 Å². The van der Waals surface area contributed by atoms with Gasteiger partial charge in [-0.1, -0.05) is 24.3 Å². The Morgan fingerprint density at radius 2 is 1.80 bits per heavy atom. The van der Waals surface area contributed by atoms with Crippen molar-refractivity contribution in [2.75, 3.05) is 20.8 Å². The van der Waals surface area contributed by atoms with Crippen molar-refractivity contribution in [3.63, 3.8) is 0 Å². The molecule has 0 radical (unpaired) electrons. The van der Waals surface area contributed by atoms with Crippen LogP contribution in [0.1, 0.15) is 21.6 Å². The average molecular weight is 493 g/mol. The molecule has 3 aromatic carbocycles. The van der Waals surface area contributed by atoms with E-state index in [0.717, 1.165) is 22.4 Å². The normalized spacial score (nSPS) is 10.6. The summed E-state index contributed by atoms with van der Waals surface area (Å²) in [5, 5.41) is 5.34. The molecule has 4 rings (SSSR count). The Kier molecular flexibility index (Phi) is 7.95. The monoisotopic (exact) mass is 492 g/mol. The number of ether oxygens (including phenoxy) is 3. The molecule has 0 saturated heterocycles. The van der Waals surface area contributed by atoms with E-state index in [0.29, 0.717) is 35.2 Å². The molecular formula is C27H25FN2O4S. The lowest BCUT2D eigenvalue weighted by Crippen LogP contribution is -2.25. The third-order valence-corrected chi connectivity index (χ3v) is 6.18. The van der Waals surface area contributed by atoms with Gasteiger partial charge in [-0.05, 0) is 60.0 Å². The topological polar surface area (TPSA) is 69.7 Å². The number of thiazole rings is 1. The van der Waals surface area contributed by atoms with Crippen LogP contribution in [-0.4, -0.2) is 31.7 Å². The Balaban J connectivity index is 1.36. The molecule has 0 bridgehead atoms. The number of rotatable bonds is 10. The van der Waals surface area contributed by atoms with Crippen LogP contribution in [0.3, 0.4) is 0 Å². The molecule has 0 fully saturated rings. The van der Waals surface area contributed by atoms with Gasteiger partial charge in [0, 0.05) is 17.5 Å². The number of hydrogen-bond donors (Lipinski definition) is 1. The minimum Gasteiger partial charge on any atom is -0.497 e. The molecule has 6 nitrogen and oxygen atoms in total. The number of carbonyl (C=O) groups excluding carboxylic acids is 1. The van der Waals surface area contributed by atoms with Gasteiger partial charge in [0.1, 0.15) is 28.9 Å². The SMILES string of the molecule is COc1ccc(CCNC(=O)c2csc(-c3ccc(OCc4cccc(F)c4)c(OC)c3)n2)cc1. The Labute approximate surface area is 207 Å². The predicted molar refractivity (Wildman–Crippen MR) is 134 cm³/mol. The minimum atomic E-state index is -0.308. The van der Waals surface area contributed by atoms with Crippen molar-refractivity contribution in [3.8, 4) is 27.8 Å². The summed E-state index contributed by atoms with van der Waals surface area (Å²) in [6.45, 7) is 0.717. The summed E-state index contributed by atoms with van der Waals surface area (Å²) in [6.07, 6.45) is 0.709. The van der Waals surface area contributed by atoms with E-state index in [1.165, 1.54) is 23.5 Å². The van der Waals surface area contributed by atoms with E-state index < -0.39 is 0 Å². The lowest BCUT2D eigenvalue weighted by molar-refractivity contribution is 0.0950. The molecule has 0 spiro atoms. The van der Waals surface area contributed by atoms with Crippen LogP contribution in [0, 0.1) is 5.82 Å². The molecule has 35 heavy (non-hydrogen) atoms. The van der Waals surface area contributed by atoms with E-state index in [2.05, 4.69) is 10.3 Å².